The predicted octanol–water partition coefficient (Wildman–Crippen LogP) is 6.16. The second kappa shape index (κ2) is 10.9. The minimum Gasteiger partial charge on any atom is -0.461 e. The largest absolute Gasteiger partial charge is 0.461 e. The molecule has 3 aromatic rings. The quantitative estimate of drug-likeness (QED) is 0.380. The van der Waals surface area contributed by atoms with E-state index in [2.05, 4.69) is 5.10 Å². The summed E-state index contributed by atoms with van der Waals surface area (Å²) in [5, 5.41) is 5.14. The van der Waals surface area contributed by atoms with Gasteiger partial charge in [-0.2, -0.15) is 5.10 Å². The van der Waals surface area contributed by atoms with Gasteiger partial charge in [-0.25, -0.2) is 9.48 Å². The van der Waals surface area contributed by atoms with E-state index in [0.717, 1.165) is 29.8 Å². The molecule has 1 heterocycles. The van der Waals surface area contributed by atoms with E-state index >= 15 is 0 Å². The van der Waals surface area contributed by atoms with E-state index in [1.807, 2.05) is 48.2 Å². The molecule has 0 spiro atoms. The number of amides is 1. The smallest absolute Gasteiger partial charge is 0.358 e. The molecular weight excluding hydrogens is 450 g/mol. The van der Waals surface area contributed by atoms with Crippen LogP contribution in [0.15, 0.2) is 54.6 Å². The molecule has 0 unspecified atom stereocenters. The predicted molar refractivity (Wildman–Crippen MR) is 134 cm³/mol. The molecular formula is C27H30ClN3O3. The van der Waals surface area contributed by atoms with Gasteiger partial charge in [-0.1, -0.05) is 43.0 Å². The monoisotopic (exact) mass is 479 g/mol. The summed E-state index contributed by atoms with van der Waals surface area (Å²) in [6, 6.07) is 16.8. The van der Waals surface area contributed by atoms with Crippen LogP contribution in [0.25, 0.3) is 16.9 Å². The number of esters is 1. The van der Waals surface area contributed by atoms with Crippen molar-refractivity contribution in [1.29, 1.82) is 0 Å². The first-order chi connectivity index (χ1) is 16.5. The summed E-state index contributed by atoms with van der Waals surface area (Å²) in [4.78, 5) is 27.6. The van der Waals surface area contributed by atoms with Crippen molar-refractivity contribution in [1.82, 2.24) is 14.7 Å². The summed E-state index contributed by atoms with van der Waals surface area (Å²) in [5.41, 5.74) is 3.22. The second-order valence-corrected chi connectivity index (χ2v) is 8.92. The number of halogens is 1. The van der Waals surface area contributed by atoms with Crippen LogP contribution in [0.3, 0.4) is 0 Å². The maximum Gasteiger partial charge on any atom is 0.358 e. The fourth-order valence-corrected chi connectivity index (χ4v) is 4.71. The topological polar surface area (TPSA) is 64.4 Å². The SMILES string of the molecule is CCOC(=O)c1cc(-c2ccc(Cl)cc2)n(-c2ccc(C(=O)N(CC)C3CCCCC3)cc2)n1. The molecule has 1 amide bonds. The summed E-state index contributed by atoms with van der Waals surface area (Å²) in [6.45, 7) is 4.78. The van der Waals surface area contributed by atoms with Gasteiger partial charge in [0.2, 0.25) is 0 Å². The van der Waals surface area contributed by atoms with Crippen LogP contribution in [0.5, 0.6) is 0 Å². The number of carbonyl (C=O) groups excluding carboxylic acids is 2. The zero-order valence-corrected chi connectivity index (χ0v) is 20.4. The van der Waals surface area contributed by atoms with Crippen molar-refractivity contribution in [3.63, 3.8) is 0 Å². The fraction of sp³-hybridized carbons (Fsp3) is 0.370. The Bertz CT molecular complexity index is 1130. The van der Waals surface area contributed by atoms with Crippen molar-refractivity contribution < 1.29 is 14.3 Å². The average molecular weight is 480 g/mol. The van der Waals surface area contributed by atoms with Crippen molar-refractivity contribution in [2.75, 3.05) is 13.2 Å². The molecule has 1 fully saturated rings. The third kappa shape index (κ3) is 5.17. The van der Waals surface area contributed by atoms with Gasteiger partial charge in [0.05, 0.1) is 18.0 Å². The van der Waals surface area contributed by atoms with Crippen LogP contribution < -0.4 is 0 Å². The molecule has 6 nitrogen and oxygen atoms in total. The molecule has 0 atom stereocenters. The lowest BCUT2D eigenvalue weighted by atomic mass is 9.93. The Morgan fingerprint density at radius 1 is 1.03 bits per heavy atom. The lowest BCUT2D eigenvalue weighted by Crippen LogP contribution is -2.41. The van der Waals surface area contributed by atoms with E-state index in [-0.39, 0.29) is 18.2 Å². The number of nitrogens with zero attached hydrogens (tertiary/aromatic N) is 3. The first-order valence-electron chi connectivity index (χ1n) is 12.0. The number of rotatable bonds is 7. The molecule has 0 N–H and O–H groups in total. The van der Waals surface area contributed by atoms with E-state index < -0.39 is 5.97 Å². The van der Waals surface area contributed by atoms with Crippen molar-refractivity contribution in [2.45, 2.75) is 52.0 Å². The van der Waals surface area contributed by atoms with Gasteiger partial charge < -0.3 is 9.64 Å². The van der Waals surface area contributed by atoms with Gasteiger partial charge in [-0.3, -0.25) is 4.79 Å². The van der Waals surface area contributed by atoms with E-state index in [1.165, 1.54) is 19.3 Å². The zero-order valence-electron chi connectivity index (χ0n) is 19.7. The molecule has 0 bridgehead atoms. The standard InChI is InChI=1S/C27H30ClN3O3/c1-3-30(22-8-6-5-7-9-22)26(32)20-12-16-23(17-13-20)31-25(19-10-14-21(28)15-11-19)18-24(29-31)27(33)34-4-2/h10-18,22H,3-9H2,1-2H3. The number of hydrogen-bond acceptors (Lipinski definition) is 4. The molecule has 0 saturated heterocycles. The molecule has 34 heavy (non-hydrogen) atoms. The number of carbonyl (C=O) groups is 2. The lowest BCUT2D eigenvalue weighted by molar-refractivity contribution is 0.0518. The number of ether oxygens (including phenoxy) is 1. The van der Waals surface area contributed by atoms with Crippen LogP contribution in [0.2, 0.25) is 5.02 Å². The molecule has 0 radical (unpaired) electrons. The molecule has 2 aromatic carbocycles. The molecule has 178 valence electrons. The highest BCUT2D eigenvalue weighted by molar-refractivity contribution is 6.30. The summed E-state index contributed by atoms with van der Waals surface area (Å²) >= 11 is 6.06. The normalized spacial score (nSPS) is 14.1. The van der Waals surface area contributed by atoms with Gasteiger partial charge in [0.15, 0.2) is 5.69 Å². The van der Waals surface area contributed by atoms with Crippen molar-refractivity contribution in [3.8, 4) is 16.9 Å². The Morgan fingerprint density at radius 2 is 1.71 bits per heavy atom. The third-order valence-corrected chi connectivity index (χ3v) is 6.56. The van der Waals surface area contributed by atoms with Crippen LogP contribution in [0.4, 0.5) is 0 Å². The molecule has 1 aliphatic carbocycles. The Morgan fingerprint density at radius 3 is 2.32 bits per heavy atom. The summed E-state index contributed by atoms with van der Waals surface area (Å²) in [6.07, 6.45) is 5.77. The van der Waals surface area contributed by atoms with E-state index in [0.29, 0.717) is 23.2 Å². The van der Waals surface area contributed by atoms with E-state index in [4.69, 9.17) is 16.3 Å². The Labute approximate surface area is 205 Å². The van der Waals surface area contributed by atoms with Crippen molar-refractivity contribution in [2.24, 2.45) is 0 Å². The van der Waals surface area contributed by atoms with E-state index in [1.54, 1.807) is 29.8 Å². The van der Waals surface area contributed by atoms with Crippen molar-refractivity contribution in [3.05, 3.63) is 70.9 Å². The Balaban J connectivity index is 1.65. The highest BCUT2D eigenvalue weighted by Gasteiger charge is 2.25. The summed E-state index contributed by atoms with van der Waals surface area (Å²) in [5.74, 6) is -0.416. The van der Waals surface area contributed by atoms with Crippen LogP contribution in [-0.4, -0.2) is 45.8 Å². The number of aromatic nitrogens is 2. The minimum absolute atomic E-state index is 0.0616. The highest BCUT2D eigenvalue weighted by atomic mass is 35.5. The minimum atomic E-state index is -0.477. The highest BCUT2D eigenvalue weighted by Crippen LogP contribution is 2.27. The lowest BCUT2D eigenvalue weighted by Gasteiger charge is -2.33. The van der Waals surface area contributed by atoms with Gasteiger partial charge in [-0.15, -0.1) is 0 Å². The third-order valence-electron chi connectivity index (χ3n) is 6.31. The van der Waals surface area contributed by atoms with Gasteiger partial charge >= 0.3 is 5.97 Å². The van der Waals surface area contributed by atoms with Gasteiger partial charge in [0, 0.05) is 28.7 Å². The average Bonchev–Trinajstić information content (AvgIpc) is 3.31. The first-order valence-corrected chi connectivity index (χ1v) is 12.3. The van der Waals surface area contributed by atoms with Crippen LogP contribution in [0.1, 0.15) is 66.8 Å². The number of hydrogen-bond donors (Lipinski definition) is 0. The molecule has 7 heteroatoms. The molecule has 0 aliphatic heterocycles. The van der Waals surface area contributed by atoms with Gasteiger partial charge in [0.1, 0.15) is 0 Å². The molecule has 1 aromatic heterocycles. The second-order valence-electron chi connectivity index (χ2n) is 8.48. The zero-order chi connectivity index (χ0) is 24.1. The van der Waals surface area contributed by atoms with Crippen LogP contribution in [-0.2, 0) is 4.74 Å². The van der Waals surface area contributed by atoms with Crippen LogP contribution in [0, 0.1) is 0 Å². The Hall–Kier alpha value is -3.12. The molecule has 4 rings (SSSR count). The molecule has 1 aliphatic rings. The maximum absolute atomic E-state index is 13.2. The fourth-order valence-electron chi connectivity index (χ4n) is 4.58. The van der Waals surface area contributed by atoms with Crippen molar-refractivity contribution >= 4 is 23.5 Å². The van der Waals surface area contributed by atoms with Gasteiger partial charge in [-0.05, 0) is 69.2 Å². The first kappa shape index (κ1) is 24.0. The molecule has 1 saturated carbocycles. The summed E-state index contributed by atoms with van der Waals surface area (Å²) in [7, 11) is 0. The van der Waals surface area contributed by atoms with Crippen LogP contribution >= 0.6 is 11.6 Å². The number of benzene rings is 2. The maximum atomic E-state index is 13.2. The van der Waals surface area contributed by atoms with Gasteiger partial charge in [0.25, 0.3) is 5.91 Å². The Kier molecular flexibility index (Phi) is 7.68. The summed E-state index contributed by atoms with van der Waals surface area (Å²) < 4.78 is 6.84. The van der Waals surface area contributed by atoms with E-state index in [9.17, 15) is 9.59 Å².